The Morgan fingerprint density at radius 3 is 2.88 bits per heavy atom. The second-order valence-corrected chi connectivity index (χ2v) is 6.90. The Bertz CT molecular complexity index is 815. The molecule has 2 aromatic rings. The minimum atomic E-state index is -0.572. The maximum absolute atomic E-state index is 12.2. The number of rotatable bonds is 6. The number of aromatic hydroxyl groups is 1. The highest BCUT2D eigenvalue weighted by molar-refractivity contribution is 5.76. The summed E-state index contributed by atoms with van der Waals surface area (Å²) in [7, 11) is 0. The number of hydrogen-bond donors (Lipinski definition) is 3. The van der Waals surface area contributed by atoms with Crippen LogP contribution >= 0.6 is 0 Å². The van der Waals surface area contributed by atoms with Crippen molar-refractivity contribution >= 4 is 5.91 Å². The minimum absolute atomic E-state index is 0.0782. The van der Waals surface area contributed by atoms with Crippen molar-refractivity contribution in [3.8, 4) is 5.75 Å². The second-order valence-electron chi connectivity index (χ2n) is 6.90. The molecular formula is C18H24N4O4. The van der Waals surface area contributed by atoms with Gasteiger partial charge in [-0.05, 0) is 37.8 Å². The molecule has 3 N–H and O–H groups in total. The van der Waals surface area contributed by atoms with E-state index in [1.807, 2.05) is 16.9 Å². The molecule has 3 rings (SSSR count). The molecule has 0 spiro atoms. The molecule has 1 fully saturated rings. The smallest absolute Gasteiger partial charge is 0.254 e. The fourth-order valence-electron chi connectivity index (χ4n) is 3.59. The third-order valence-corrected chi connectivity index (χ3v) is 4.86. The van der Waals surface area contributed by atoms with E-state index >= 15 is 0 Å². The Balaban J connectivity index is 1.51. The van der Waals surface area contributed by atoms with Crippen molar-refractivity contribution in [3.63, 3.8) is 0 Å². The number of pyridine rings is 1. The fraction of sp³-hybridized carbons (Fsp3) is 0.500. The Kier molecular flexibility index (Phi) is 5.41. The van der Waals surface area contributed by atoms with Gasteiger partial charge in [0, 0.05) is 43.7 Å². The van der Waals surface area contributed by atoms with Crippen molar-refractivity contribution in [2.45, 2.75) is 51.4 Å². The summed E-state index contributed by atoms with van der Waals surface area (Å²) in [5, 5.41) is 26.7. The molecule has 2 aromatic heterocycles. The Hall–Kier alpha value is -2.61. The molecule has 8 heteroatoms. The van der Waals surface area contributed by atoms with Crippen LogP contribution < -0.4 is 10.9 Å². The van der Waals surface area contributed by atoms with Crippen LogP contribution in [-0.2, 0) is 17.9 Å². The lowest BCUT2D eigenvalue weighted by Gasteiger charge is -2.17. The third-order valence-electron chi connectivity index (χ3n) is 4.86. The molecule has 0 radical (unpaired) electrons. The first kappa shape index (κ1) is 18.2. The molecule has 8 nitrogen and oxygen atoms in total. The number of hydrogen-bond acceptors (Lipinski definition) is 5. The average molecular weight is 360 g/mol. The number of aliphatic hydroxyl groups excluding tert-OH is 1. The van der Waals surface area contributed by atoms with E-state index in [4.69, 9.17) is 0 Å². The number of aryl methyl sites for hydroxylation is 1. The van der Waals surface area contributed by atoms with Crippen molar-refractivity contribution in [2.24, 2.45) is 5.92 Å². The summed E-state index contributed by atoms with van der Waals surface area (Å²) in [6, 6.07) is 4.20. The van der Waals surface area contributed by atoms with Crippen molar-refractivity contribution in [3.05, 3.63) is 46.6 Å². The molecule has 1 aliphatic carbocycles. The van der Waals surface area contributed by atoms with Crippen LogP contribution in [0.2, 0.25) is 0 Å². The predicted octanol–water partition coefficient (Wildman–Crippen LogP) is 0.405. The second kappa shape index (κ2) is 7.74. The molecule has 0 aromatic carbocycles. The molecule has 3 atom stereocenters. The summed E-state index contributed by atoms with van der Waals surface area (Å²) in [5.41, 5.74) is 0.262. The van der Waals surface area contributed by atoms with E-state index < -0.39 is 6.10 Å². The van der Waals surface area contributed by atoms with Gasteiger partial charge in [0.25, 0.3) is 5.56 Å². The molecule has 1 saturated carbocycles. The number of amides is 1. The topological polar surface area (TPSA) is 109 Å². The van der Waals surface area contributed by atoms with Crippen LogP contribution in [0.15, 0.2) is 35.4 Å². The van der Waals surface area contributed by atoms with Crippen LogP contribution in [0.3, 0.4) is 0 Å². The first-order valence-corrected chi connectivity index (χ1v) is 8.77. The molecule has 1 aliphatic rings. The van der Waals surface area contributed by atoms with Gasteiger partial charge in [-0.2, -0.15) is 5.10 Å². The summed E-state index contributed by atoms with van der Waals surface area (Å²) >= 11 is 0. The van der Waals surface area contributed by atoms with Crippen LogP contribution in [0.1, 0.15) is 25.0 Å². The van der Waals surface area contributed by atoms with Crippen molar-refractivity contribution < 1.29 is 15.0 Å². The zero-order valence-electron chi connectivity index (χ0n) is 14.7. The molecule has 2 heterocycles. The first-order chi connectivity index (χ1) is 12.4. The number of aromatic nitrogens is 3. The summed E-state index contributed by atoms with van der Waals surface area (Å²) in [6.07, 6.45) is 4.50. The maximum Gasteiger partial charge on any atom is 0.254 e. The highest BCUT2D eigenvalue weighted by Crippen LogP contribution is 2.27. The van der Waals surface area contributed by atoms with Gasteiger partial charge in [0.2, 0.25) is 5.91 Å². The van der Waals surface area contributed by atoms with E-state index in [-0.39, 0.29) is 42.1 Å². The van der Waals surface area contributed by atoms with Gasteiger partial charge in [0.05, 0.1) is 12.1 Å². The van der Waals surface area contributed by atoms with Crippen LogP contribution in [0.25, 0.3) is 0 Å². The van der Waals surface area contributed by atoms with Gasteiger partial charge in [-0.3, -0.25) is 14.3 Å². The Labute approximate surface area is 151 Å². The number of nitrogens with one attached hydrogen (secondary N) is 1. The largest absolute Gasteiger partial charge is 0.508 e. The van der Waals surface area contributed by atoms with Crippen molar-refractivity contribution in [1.29, 1.82) is 0 Å². The van der Waals surface area contributed by atoms with E-state index in [0.717, 1.165) is 12.6 Å². The number of aliphatic hydroxyl groups is 1. The highest BCUT2D eigenvalue weighted by atomic mass is 16.3. The van der Waals surface area contributed by atoms with Crippen LogP contribution in [0.5, 0.6) is 5.75 Å². The molecule has 26 heavy (non-hydrogen) atoms. The quantitative estimate of drug-likeness (QED) is 0.691. The van der Waals surface area contributed by atoms with Gasteiger partial charge in [-0.15, -0.1) is 0 Å². The van der Waals surface area contributed by atoms with E-state index in [0.29, 0.717) is 18.5 Å². The number of carbonyl (C=O) groups excluding carboxylic acids is 1. The molecule has 0 aliphatic heterocycles. The van der Waals surface area contributed by atoms with Gasteiger partial charge in [0.15, 0.2) is 0 Å². The van der Waals surface area contributed by atoms with Crippen LogP contribution in [-0.4, -0.2) is 42.6 Å². The molecule has 1 unspecified atom stereocenters. The van der Waals surface area contributed by atoms with E-state index in [9.17, 15) is 19.8 Å². The zero-order chi connectivity index (χ0) is 18.7. The summed E-state index contributed by atoms with van der Waals surface area (Å²) < 4.78 is 3.28. The molecule has 1 amide bonds. The van der Waals surface area contributed by atoms with Gasteiger partial charge < -0.3 is 20.1 Å². The number of carbonyl (C=O) groups is 1. The standard InChI is InChI=1S/C18H24N4O4/c1-12-7-14(23)10-18(26)22(12)6-3-17(25)20-15-8-13(9-16(15)24)11-21-5-2-4-19-21/h2,4-5,7,10,13,15-16,23-24H,3,6,8-9,11H2,1H3,(H,20,25)/t13?,15-,16-/m1/s1. The molecule has 140 valence electrons. The molecular weight excluding hydrogens is 336 g/mol. The van der Waals surface area contributed by atoms with Gasteiger partial charge >= 0.3 is 0 Å². The maximum atomic E-state index is 12.2. The third kappa shape index (κ3) is 4.32. The predicted molar refractivity (Wildman–Crippen MR) is 94.6 cm³/mol. The van der Waals surface area contributed by atoms with Crippen LogP contribution in [0.4, 0.5) is 0 Å². The van der Waals surface area contributed by atoms with E-state index in [1.54, 1.807) is 13.1 Å². The SMILES string of the molecule is Cc1cc(O)cc(=O)n1CCC(=O)N[C@@H]1CC(Cn2cccn2)C[C@H]1O. The van der Waals surface area contributed by atoms with Gasteiger partial charge in [-0.1, -0.05) is 0 Å². The van der Waals surface area contributed by atoms with E-state index in [2.05, 4.69) is 10.4 Å². The first-order valence-electron chi connectivity index (χ1n) is 8.77. The average Bonchev–Trinajstić information content (AvgIpc) is 3.17. The Morgan fingerprint density at radius 2 is 2.19 bits per heavy atom. The van der Waals surface area contributed by atoms with E-state index in [1.165, 1.54) is 10.6 Å². The lowest BCUT2D eigenvalue weighted by atomic mass is 10.1. The fourth-order valence-corrected chi connectivity index (χ4v) is 3.59. The molecule has 0 saturated heterocycles. The minimum Gasteiger partial charge on any atom is -0.508 e. The normalized spacial score (nSPS) is 22.5. The van der Waals surface area contributed by atoms with Crippen molar-refractivity contribution in [1.82, 2.24) is 19.7 Å². The summed E-state index contributed by atoms with van der Waals surface area (Å²) in [5.74, 6) is -0.0178. The molecule has 0 bridgehead atoms. The van der Waals surface area contributed by atoms with Crippen LogP contribution in [0, 0.1) is 12.8 Å². The van der Waals surface area contributed by atoms with Gasteiger partial charge in [-0.25, -0.2) is 0 Å². The highest BCUT2D eigenvalue weighted by Gasteiger charge is 2.34. The Morgan fingerprint density at radius 1 is 1.38 bits per heavy atom. The number of nitrogens with zero attached hydrogens (tertiary/aromatic N) is 3. The lowest BCUT2D eigenvalue weighted by molar-refractivity contribution is -0.122. The monoisotopic (exact) mass is 360 g/mol. The zero-order valence-corrected chi connectivity index (χ0v) is 14.7. The van der Waals surface area contributed by atoms with Crippen molar-refractivity contribution in [2.75, 3.05) is 0 Å². The van der Waals surface area contributed by atoms with Gasteiger partial charge in [0.1, 0.15) is 5.75 Å². The summed E-state index contributed by atoms with van der Waals surface area (Å²) in [6.45, 7) is 2.66. The lowest BCUT2D eigenvalue weighted by Crippen LogP contribution is -2.40. The summed E-state index contributed by atoms with van der Waals surface area (Å²) in [4.78, 5) is 24.1.